The number of thiazole rings is 1. The second-order valence-corrected chi connectivity index (χ2v) is 9.03. The number of carbonyl (C=O) groups excluding carboxylic acids is 3. The predicted octanol–water partition coefficient (Wildman–Crippen LogP) is 2.29. The van der Waals surface area contributed by atoms with Crippen LogP contribution in [0.4, 0.5) is 16.2 Å². The SMILES string of the molecule is COC(=O)NCC(=O)N1CCC(c2nc(C(=O)Nc3ccccc3N3CCOCC3)cs2)CC1. The number of hydrogen-bond donors (Lipinski definition) is 2. The minimum absolute atomic E-state index is 0.0785. The van der Waals surface area contributed by atoms with Gasteiger partial charge in [0, 0.05) is 37.5 Å². The van der Waals surface area contributed by atoms with Crippen molar-refractivity contribution in [3.63, 3.8) is 0 Å². The van der Waals surface area contributed by atoms with Gasteiger partial charge in [0.15, 0.2) is 0 Å². The molecule has 182 valence electrons. The van der Waals surface area contributed by atoms with Crippen molar-refractivity contribution in [2.75, 3.05) is 63.3 Å². The fourth-order valence-corrected chi connectivity index (χ4v) is 5.10. The van der Waals surface area contributed by atoms with Crippen LogP contribution in [-0.2, 0) is 14.3 Å². The summed E-state index contributed by atoms with van der Waals surface area (Å²) in [7, 11) is 1.26. The Hall–Kier alpha value is -3.18. The molecule has 2 saturated heterocycles. The van der Waals surface area contributed by atoms with E-state index in [0.717, 1.165) is 42.3 Å². The van der Waals surface area contributed by atoms with Gasteiger partial charge in [0.25, 0.3) is 5.91 Å². The molecule has 1 aromatic heterocycles. The maximum absolute atomic E-state index is 12.9. The number of anilines is 2. The first-order valence-electron chi connectivity index (χ1n) is 11.3. The molecule has 2 aromatic rings. The van der Waals surface area contributed by atoms with Gasteiger partial charge in [-0.05, 0) is 25.0 Å². The summed E-state index contributed by atoms with van der Waals surface area (Å²) in [5, 5.41) is 8.13. The van der Waals surface area contributed by atoms with Crippen molar-refractivity contribution >= 4 is 40.6 Å². The van der Waals surface area contributed by atoms with E-state index in [-0.39, 0.29) is 24.3 Å². The molecule has 11 heteroatoms. The number of piperidine rings is 1. The third kappa shape index (κ3) is 5.84. The number of nitrogens with zero attached hydrogens (tertiary/aromatic N) is 3. The zero-order valence-electron chi connectivity index (χ0n) is 19.1. The van der Waals surface area contributed by atoms with Crippen LogP contribution in [0.3, 0.4) is 0 Å². The number of methoxy groups -OCH3 is 1. The van der Waals surface area contributed by atoms with E-state index in [0.29, 0.717) is 32.0 Å². The second-order valence-electron chi connectivity index (χ2n) is 8.14. The van der Waals surface area contributed by atoms with Crippen molar-refractivity contribution in [3.05, 3.63) is 40.3 Å². The Balaban J connectivity index is 1.32. The van der Waals surface area contributed by atoms with E-state index in [1.807, 2.05) is 24.3 Å². The van der Waals surface area contributed by atoms with E-state index >= 15 is 0 Å². The molecule has 3 amide bonds. The van der Waals surface area contributed by atoms with E-state index in [1.54, 1.807) is 10.3 Å². The molecule has 0 aliphatic carbocycles. The molecule has 0 saturated carbocycles. The number of ether oxygens (including phenoxy) is 2. The number of benzene rings is 1. The summed E-state index contributed by atoms with van der Waals surface area (Å²) in [5.74, 6) is -0.170. The van der Waals surface area contributed by atoms with Gasteiger partial charge in [0.1, 0.15) is 12.2 Å². The molecule has 2 N–H and O–H groups in total. The first kappa shape index (κ1) is 24.0. The smallest absolute Gasteiger partial charge is 0.407 e. The molecule has 0 bridgehead atoms. The fraction of sp³-hybridized carbons (Fsp3) is 0.478. The zero-order valence-corrected chi connectivity index (χ0v) is 19.9. The van der Waals surface area contributed by atoms with E-state index in [1.165, 1.54) is 18.4 Å². The molecule has 0 spiro atoms. The number of nitrogens with one attached hydrogen (secondary N) is 2. The Morgan fingerprint density at radius 3 is 2.62 bits per heavy atom. The maximum atomic E-state index is 12.9. The average Bonchev–Trinajstić information content (AvgIpc) is 3.38. The zero-order chi connectivity index (χ0) is 23.9. The lowest BCUT2D eigenvalue weighted by atomic mass is 9.97. The number of para-hydroxylation sites is 2. The second kappa shape index (κ2) is 11.3. The molecule has 1 aromatic carbocycles. The summed E-state index contributed by atoms with van der Waals surface area (Å²) >= 11 is 1.48. The van der Waals surface area contributed by atoms with Gasteiger partial charge in [0.2, 0.25) is 5.91 Å². The van der Waals surface area contributed by atoms with E-state index in [4.69, 9.17) is 4.74 Å². The van der Waals surface area contributed by atoms with Gasteiger partial charge >= 0.3 is 6.09 Å². The van der Waals surface area contributed by atoms with Crippen LogP contribution >= 0.6 is 11.3 Å². The minimum Gasteiger partial charge on any atom is -0.453 e. The Bertz CT molecular complexity index is 1010. The third-order valence-corrected chi connectivity index (χ3v) is 7.03. The molecule has 3 heterocycles. The fourth-order valence-electron chi connectivity index (χ4n) is 4.13. The Morgan fingerprint density at radius 2 is 1.88 bits per heavy atom. The number of amides is 3. The van der Waals surface area contributed by atoms with E-state index in [9.17, 15) is 14.4 Å². The molecule has 0 unspecified atom stereocenters. The van der Waals surface area contributed by atoms with E-state index in [2.05, 4.69) is 25.3 Å². The van der Waals surface area contributed by atoms with Crippen molar-refractivity contribution < 1.29 is 23.9 Å². The average molecular weight is 488 g/mol. The van der Waals surface area contributed by atoms with Gasteiger partial charge in [-0.1, -0.05) is 12.1 Å². The van der Waals surface area contributed by atoms with Crippen LogP contribution in [0.1, 0.15) is 34.3 Å². The summed E-state index contributed by atoms with van der Waals surface area (Å²) in [4.78, 5) is 44.9. The summed E-state index contributed by atoms with van der Waals surface area (Å²) in [6.45, 7) is 4.00. The summed E-state index contributed by atoms with van der Waals surface area (Å²) in [6.07, 6.45) is 0.904. The lowest BCUT2D eigenvalue weighted by Crippen LogP contribution is -2.43. The number of carbonyl (C=O) groups is 3. The first-order chi connectivity index (χ1) is 16.5. The molecule has 4 rings (SSSR count). The summed E-state index contributed by atoms with van der Waals surface area (Å²) < 4.78 is 9.93. The van der Waals surface area contributed by atoms with Crippen molar-refractivity contribution in [3.8, 4) is 0 Å². The van der Waals surface area contributed by atoms with Crippen molar-refractivity contribution in [1.29, 1.82) is 0 Å². The van der Waals surface area contributed by atoms with Gasteiger partial charge in [-0.25, -0.2) is 9.78 Å². The van der Waals surface area contributed by atoms with Crippen LogP contribution in [0.25, 0.3) is 0 Å². The van der Waals surface area contributed by atoms with Gasteiger partial charge in [-0.15, -0.1) is 11.3 Å². The van der Waals surface area contributed by atoms with Gasteiger partial charge in [0.05, 0.1) is 36.7 Å². The lowest BCUT2D eigenvalue weighted by molar-refractivity contribution is -0.131. The molecule has 0 atom stereocenters. The third-order valence-electron chi connectivity index (χ3n) is 6.02. The van der Waals surface area contributed by atoms with Crippen LogP contribution in [-0.4, -0.2) is 80.8 Å². The molecule has 2 aliphatic rings. The number of morpholine rings is 1. The Labute approximate surface area is 202 Å². The van der Waals surface area contributed by atoms with Gasteiger partial charge in [-0.3, -0.25) is 9.59 Å². The summed E-state index contributed by atoms with van der Waals surface area (Å²) in [6, 6.07) is 7.77. The number of alkyl carbamates (subject to hydrolysis) is 1. The van der Waals surface area contributed by atoms with Gasteiger partial charge in [-0.2, -0.15) is 0 Å². The predicted molar refractivity (Wildman–Crippen MR) is 129 cm³/mol. The molecule has 10 nitrogen and oxygen atoms in total. The Kier molecular flexibility index (Phi) is 7.96. The number of rotatable bonds is 6. The highest BCUT2D eigenvalue weighted by molar-refractivity contribution is 7.10. The molecule has 34 heavy (non-hydrogen) atoms. The van der Waals surface area contributed by atoms with Crippen LogP contribution in [0, 0.1) is 0 Å². The molecular weight excluding hydrogens is 458 g/mol. The molecule has 2 aliphatic heterocycles. The molecule has 0 radical (unpaired) electrons. The molecule has 2 fully saturated rings. The Morgan fingerprint density at radius 1 is 1.15 bits per heavy atom. The molecular formula is C23H29N5O5S. The highest BCUT2D eigenvalue weighted by Crippen LogP contribution is 2.31. The maximum Gasteiger partial charge on any atom is 0.407 e. The number of hydrogen-bond acceptors (Lipinski definition) is 8. The van der Waals surface area contributed by atoms with Crippen LogP contribution in [0.5, 0.6) is 0 Å². The first-order valence-corrected chi connectivity index (χ1v) is 12.2. The van der Waals surface area contributed by atoms with Crippen molar-refractivity contribution in [1.82, 2.24) is 15.2 Å². The quantitative estimate of drug-likeness (QED) is 0.643. The van der Waals surface area contributed by atoms with Crippen LogP contribution < -0.4 is 15.5 Å². The van der Waals surface area contributed by atoms with Crippen molar-refractivity contribution in [2.45, 2.75) is 18.8 Å². The largest absolute Gasteiger partial charge is 0.453 e. The van der Waals surface area contributed by atoms with E-state index < -0.39 is 6.09 Å². The monoisotopic (exact) mass is 487 g/mol. The number of likely N-dealkylation sites (tertiary alicyclic amines) is 1. The number of aromatic nitrogens is 1. The highest BCUT2D eigenvalue weighted by atomic mass is 32.1. The standard InChI is InChI=1S/C23H29N5O5S/c1-32-23(31)24-14-20(29)28-8-6-16(7-9-28)22-26-18(15-34-22)21(30)25-17-4-2-3-5-19(17)27-10-12-33-13-11-27/h2-5,15-16H,6-14H2,1H3,(H,24,31)(H,25,30). The minimum atomic E-state index is -0.621. The summed E-state index contributed by atoms with van der Waals surface area (Å²) in [5.41, 5.74) is 2.14. The van der Waals surface area contributed by atoms with Crippen LogP contribution in [0.15, 0.2) is 29.6 Å². The topological polar surface area (TPSA) is 113 Å². The van der Waals surface area contributed by atoms with Gasteiger partial charge < -0.3 is 29.9 Å². The highest BCUT2D eigenvalue weighted by Gasteiger charge is 2.27. The lowest BCUT2D eigenvalue weighted by Gasteiger charge is -2.31. The normalized spacial score (nSPS) is 16.7. The van der Waals surface area contributed by atoms with Crippen LogP contribution in [0.2, 0.25) is 0 Å². The van der Waals surface area contributed by atoms with Crippen molar-refractivity contribution in [2.24, 2.45) is 0 Å².